The first-order chi connectivity index (χ1) is 11.1. The third kappa shape index (κ3) is 2.60. The van der Waals surface area contributed by atoms with Crippen LogP contribution in [-0.2, 0) is 0 Å². The van der Waals surface area contributed by atoms with Crippen LogP contribution in [-0.4, -0.2) is 33.2 Å². The third-order valence-corrected chi connectivity index (χ3v) is 4.61. The minimum Gasteiger partial charge on any atom is -0.493 e. The van der Waals surface area contributed by atoms with E-state index in [0.29, 0.717) is 5.75 Å². The average molecular weight is 330 g/mol. The molecule has 120 valence electrons. The Kier molecular flexibility index (Phi) is 4.33. The van der Waals surface area contributed by atoms with E-state index >= 15 is 0 Å². The highest BCUT2D eigenvalue weighted by molar-refractivity contribution is 6.54. The predicted molar refractivity (Wildman–Crippen MR) is 95.1 cm³/mol. The van der Waals surface area contributed by atoms with Gasteiger partial charge in [-0.3, -0.25) is 4.90 Å². The van der Waals surface area contributed by atoms with Gasteiger partial charge in [0, 0.05) is 11.1 Å². The summed E-state index contributed by atoms with van der Waals surface area (Å²) in [5, 5.41) is 0.769. The van der Waals surface area contributed by atoms with Crippen molar-refractivity contribution in [3.8, 4) is 11.5 Å². The summed E-state index contributed by atoms with van der Waals surface area (Å²) in [7, 11) is 7.41. The number of ether oxygens (including phenoxy) is 2. The molecule has 2 aromatic rings. The summed E-state index contributed by atoms with van der Waals surface area (Å²) in [4.78, 5) is 2.17. The van der Waals surface area contributed by atoms with Gasteiger partial charge in [0.25, 0.3) is 0 Å². The zero-order valence-electron chi connectivity index (χ0n) is 13.8. The molecule has 0 saturated heterocycles. The Morgan fingerprint density at radius 3 is 2.13 bits per heavy atom. The van der Waals surface area contributed by atoms with Crippen molar-refractivity contribution in [1.29, 1.82) is 0 Å². The van der Waals surface area contributed by atoms with Crippen LogP contribution in [0.5, 0.6) is 11.5 Å². The number of benzene rings is 2. The van der Waals surface area contributed by atoms with E-state index in [1.54, 1.807) is 14.2 Å². The van der Waals surface area contributed by atoms with Crippen LogP contribution in [0.15, 0.2) is 42.5 Å². The van der Waals surface area contributed by atoms with Crippen LogP contribution in [0.1, 0.15) is 22.7 Å². The van der Waals surface area contributed by atoms with Crippen molar-refractivity contribution in [1.82, 2.24) is 4.90 Å². The van der Waals surface area contributed by atoms with E-state index in [1.807, 2.05) is 30.3 Å². The number of fused-ring (bicyclic) bond motifs is 1. The van der Waals surface area contributed by atoms with Gasteiger partial charge in [-0.15, -0.1) is 0 Å². The van der Waals surface area contributed by atoms with Crippen LogP contribution < -0.4 is 9.47 Å². The standard InChI is InChI=1S/C19H20ClNO2/c1-21(2)19-14-11-16(23-4)15(22-3)10-13(14)18(20)17(19)12-8-6-5-7-9-12/h5-11,19H,1-4H3. The van der Waals surface area contributed by atoms with Gasteiger partial charge in [0.05, 0.1) is 25.3 Å². The molecule has 0 spiro atoms. The number of hydrogen-bond acceptors (Lipinski definition) is 3. The Hall–Kier alpha value is -1.97. The van der Waals surface area contributed by atoms with Gasteiger partial charge in [0.15, 0.2) is 11.5 Å². The van der Waals surface area contributed by atoms with Gasteiger partial charge in [-0.05, 0) is 37.4 Å². The second kappa shape index (κ2) is 6.26. The molecule has 0 aliphatic heterocycles. The molecule has 0 heterocycles. The van der Waals surface area contributed by atoms with Crippen molar-refractivity contribution in [2.45, 2.75) is 6.04 Å². The normalized spacial score (nSPS) is 16.7. The number of methoxy groups -OCH3 is 2. The predicted octanol–water partition coefficient (Wildman–Crippen LogP) is 4.43. The highest BCUT2D eigenvalue weighted by Gasteiger charge is 2.34. The lowest BCUT2D eigenvalue weighted by atomic mass is 9.97. The van der Waals surface area contributed by atoms with E-state index in [9.17, 15) is 0 Å². The topological polar surface area (TPSA) is 21.7 Å². The molecule has 2 aromatic carbocycles. The van der Waals surface area contributed by atoms with Gasteiger partial charge >= 0.3 is 0 Å². The molecule has 4 heteroatoms. The Labute approximate surface area is 142 Å². The number of hydrogen-bond donors (Lipinski definition) is 0. The fraction of sp³-hybridized carbons (Fsp3) is 0.263. The molecule has 3 nitrogen and oxygen atoms in total. The molecule has 1 unspecified atom stereocenters. The first-order valence-electron chi connectivity index (χ1n) is 7.46. The maximum absolute atomic E-state index is 6.76. The minimum atomic E-state index is 0.0831. The maximum atomic E-state index is 6.76. The van der Waals surface area contributed by atoms with E-state index in [0.717, 1.165) is 33.0 Å². The molecule has 0 radical (unpaired) electrons. The van der Waals surface area contributed by atoms with Crippen molar-refractivity contribution in [2.24, 2.45) is 0 Å². The van der Waals surface area contributed by atoms with Gasteiger partial charge in [-0.2, -0.15) is 0 Å². The second-order valence-corrected chi connectivity index (χ2v) is 6.13. The lowest BCUT2D eigenvalue weighted by Gasteiger charge is -2.25. The van der Waals surface area contributed by atoms with Crippen molar-refractivity contribution < 1.29 is 9.47 Å². The van der Waals surface area contributed by atoms with Crippen molar-refractivity contribution in [2.75, 3.05) is 28.3 Å². The Balaban J connectivity index is 2.23. The molecule has 3 rings (SSSR count). The van der Waals surface area contributed by atoms with E-state index in [4.69, 9.17) is 21.1 Å². The van der Waals surface area contributed by atoms with Crippen LogP contribution >= 0.6 is 11.6 Å². The fourth-order valence-electron chi connectivity index (χ4n) is 3.17. The van der Waals surface area contributed by atoms with E-state index in [2.05, 4.69) is 31.1 Å². The van der Waals surface area contributed by atoms with Crippen molar-refractivity contribution >= 4 is 22.2 Å². The molecule has 0 bridgehead atoms. The zero-order chi connectivity index (χ0) is 16.6. The van der Waals surface area contributed by atoms with Gasteiger partial charge in [0.1, 0.15) is 0 Å². The van der Waals surface area contributed by atoms with Crippen molar-refractivity contribution in [3.63, 3.8) is 0 Å². The van der Waals surface area contributed by atoms with E-state index in [-0.39, 0.29) is 6.04 Å². The average Bonchev–Trinajstić information content (AvgIpc) is 2.86. The summed E-state index contributed by atoms with van der Waals surface area (Å²) < 4.78 is 10.9. The Morgan fingerprint density at radius 2 is 1.57 bits per heavy atom. The minimum absolute atomic E-state index is 0.0831. The highest BCUT2D eigenvalue weighted by Crippen LogP contribution is 2.52. The van der Waals surface area contributed by atoms with Crippen LogP contribution in [0.4, 0.5) is 0 Å². The molecular formula is C19H20ClNO2. The lowest BCUT2D eigenvalue weighted by Crippen LogP contribution is -2.19. The monoisotopic (exact) mass is 329 g/mol. The quantitative estimate of drug-likeness (QED) is 0.828. The first kappa shape index (κ1) is 15.9. The molecule has 1 aliphatic carbocycles. The first-order valence-corrected chi connectivity index (χ1v) is 7.84. The van der Waals surface area contributed by atoms with Crippen LogP contribution in [0, 0.1) is 0 Å². The van der Waals surface area contributed by atoms with E-state index < -0.39 is 0 Å². The van der Waals surface area contributed by atoms with Gasteiger partial charge < -0.3 is 9.47 Å². The second-order valence-electron chi connectivity index (χ2n) is 5.75. The molecule has 0 aromatic heterocycles. The summed E-state index contributed by atoms with van der Waals surface area (Å²) in [5.41, 5.74) is 4.38. The van der Waals surface area contributed by atoms with Gasteiger partial charge in [-0.25, -0.2) is 0 Å². The number of likely N-dealkylation sites (N-methyl/N-ethyl adjacent to an activating group) is 1. The largest absolute Gasteiger partial charge is 0.493 e. The van der Waals surface area contributed by atoms with E-state index in [1.165, 1.54) is 0 Å². The smallest absolute Gasteiger partial charge is 0.161 e. The van der Waals surface area contributed by atoms with Gasteiger partial charge in [-0.1, -0.05) is 41.9 Å². The SMILES string of the molecule is COc1cc2c(cc1OC)C(N(C)C)C(c1ccccc1)=C2Cl. The summed E-state index contributed by atoms with van der Waals surface area (Å²) in [6.45, 7) is 0. The van der Waals surface area contributed by atoms with Crippen molar-refractivity contribution in [3.05, 3.63) is 59.2 Å². The highest BCUT2D eigenvalue weighted by atomic mass is 35.5. The molecule has 0 fully saturated rings. The fourth-order valence-corrected chi connectivity index (χ4v) is 3.55. The lowest BCUT2D eigenvalue weighted by molar-refractivity contribution is 0.346. The molecule has 1 aliphatic rings. The molecule has 0 N–H and O–H groups in total. The summed E-state index contributed by atoms with van der Waals surface area (Å²) in [5.74, 6) is 1.41. The molecule has 1 atom stereocenters. The molecule has 0 saturated carbocycles. The summed E-state index contributed by atoms with van der Waals surface area (Å²) >= 11 is 6.76. The van der Waals surface area contributed by atoms with Crippen LogP contribution in [0.3, 0.4) is 0 Å². The summed E-state index contributed by atoms with van der Waals surface area (Å²) in [6.07, 6.45) is 0. The summed E-state index contributed by atoms with van der Waals surface area (Å²) in [6, 6.07) is 14.3. The third-order valence-electron chi connectivity index (χ3n) is 4.20. The zero-order valence-corrected chi connectivity index (χ0v) is 14.5. The molecule has 23 heavy (non-hydrogen) atoms. The number of rotatable bonds is 4. The van der Waals surface area contributed by atoms with Gasteiger partial charge in [0.2, 0.25) is 0 Å². The number of halogens is 1. The van der Waals surface area contributed by atoms with Crippen LogP contribution in [0.2, 0.25) is 0 Å². The maximum Gasteiger partial charge on any atom is 0.161 e. The number of nitrogens with zero attached hydrogens (tertiary/aromatic N) is 1. The van der Waals surface area contributed by atoms with Crippen LogP contribution in [0.25, 0.3) is 10.6 Å². The molecule has 0 amide bonds. The Morgan fingerprint density at radius 1 is 0.957 bits per heavy atom. The Bertz CT molecular complexity index is 753. The molecular weight excluding hydrogens is 310 g/mol.